The fraction of sp³-hybridized carbons (Fsp3) is 0.921. The summed E-state index contributed by atoms with van der Waals surface area (Å²) in [5.41, 5.74) is 0. The highest BCUT2D eigenvalue weighted by molar-refractivity contribution is 7.45. The molecule has 0 aliphatic heterocycles. The minimum absolute atomic E-state index is 0.0150. The van der Waals surface area contributed by atoms with E-state index in [4.69, 9.17) is 9.05 Å². The van der Waals surface area contributed by atoms with Gasteiger partial charge in [-0.3, -0.25) is 9.36 Å². The Morgan fingerprint density at radius 2 is 0.806 bits per heavy atom. The van der Waals surface area contributed by atoms with Crippen LogP contribution in [0.15, 0.2) is 24.3 Å². The molecule has 8 nitrogen and oxygen atoms in total. The molecule has 0 radical (unpaired) electrons. The number of rotatable bonds is 59. The van der Waals surface area contributed by atoms with Crippen LogP contribution < -0.4 is 10.2 Å². The Balaban J connectivity index is 3.79. The second-order valence-electron chi connectivity index (χ2n) is 23.1. The van der Waals surface area contributed by atoms with Crippen molar-refractivity contribution in [3.8, 4) is 0 Å². The van der Waals surface area contributed by atoms with Gasteiger partial charge in [0.2, 0.25) is 5.91 Å². The molecule has 0 aromatic heterocycles. The molecule has 0 fully saturated rings. The van der Waals surface area contributed by atoms with Gasteiger partial charge in [0.1, 0.15) is 13.2 Å². The largest absolute Gasteiger partial charge is 0.756 e. The van der Waals surface area contributed by atoms with Crippen molar-refractivity contribution in [3.05, 3.63) is 24.3 Å². The number of nitrogens with zero attached hydrogens (tertiary/aromatic N) is 1. The highest BCUT2D eigenvalue weighted by Crippen LogP contribution is 2.38. The number of aliphatic hydroxyl groups excluding tert-OH is 1. The minimum atomic E-state index is -4.56. The topological polar surface area (TPSA) is 108 Å². The fourth-order valence-electron chi connectivity index (χ4n) is 9.72. The second-order valence-corrected chi connectivity index (χ2v) is 24.5. The molecule has 0 spiro atoms. The van der Waals surface area contributed by atoms with E-state index in [1.807, 2.05) is 21.1 Å². The number of aliphatic hydroxyl groups is 1. The molecular formula is C63H125N2O6P. The Hall–Kier alpha value is -1.02. The summed E-state index contributed by atoms with van der Waals surface area (Å²) in [6.07, 6.45) is 69.8. The van der Waals surface area contributed by atoms with E-state index in [1.54, 1.807) is 0 Å². The van der Waals surface area contributed by atoms with Crippen molar-refractivity contribution in [2.24, 2.45) is 0 Å². The van der Waals surface area contributed by atoms with Crippen LogP contribution in [0, 0.1) is 0 Å². The number of phosphoric acid groups is 1. The molecule has 0 heterocycles. The molecule has 428 valence electrons. The average Bonchev–Trinajstić information content (AvgIpc) is 3.34. The van der Waals surface area contributed by atoms with Crippen LogP contribution in [0.25, 0.3) is 0 Å². The minimum Gasteiger partial charge on any atom is -0.756 e. The number of hydrogen-bond donors (Lipinski definition) is 2. The quantitative estimate of drug-likeness (QED) is 0.0272. The third kappa shape index (κ3) is 56.7. The first kappa shape index (κ1) is 71.0. The van der Waals surface area contributed by atoms with Gasteiger partial charge in [-0.15, -0.1) is 0 Å². The third-order valence-corrected chi connectivity index (χ3v) is 15.7. The lowest BCUT2D eigenvalue weighted by Crippen LogP contribution is -2.46. The van der Waals surface area contributed by atoms with Gasteiger partial charge in [0.05, 0.1) is 39.9 Å². The van der Waals surface area contributed by atoms with Crippen LogP contribution in [0.3, 0.4) is 0 Å². The Morgan fingerprint density at radius 1 is 0.486 bits per heavy atom. The summed E-state index contributed by atoms with van der Waals surface area (Å²) in [6.45, 7) is 4.73. The molecule has 0 aliphatic carbocycles. The van der Waals surface area contributed by atoms with E-state index in [-0.39, 0.29) is 19.1 Å². The summed E-state index contributed by atoms with van der Waals surface area (Å²) < 4.78 is 23.4. The summed E-state index contributed by atoms with van der Waals surface area (Å²) in [7, 11) is 1.32. The van der Waals surface area contributed by atoms with Crippen LogP contribution >= 0.6 is 7.82 Å². The summed E-state index contributed by atoms with van der Waals surface area (Å²) in [5, 5.41) is 14.0. The van der Waals surface area contributed by atoms with Crippen LogP contribution in [0.1, 0.15) is 322 Å². The zero-order valence-electron chi connectivity index (χ0n) is 48.9. The first-order valence-corrected chi connectivity index (χ1v) is 33.1. The molecule has 72 heavy (non-hydrogen) atoms. The van der Waals surface area contributed by atoms with Gasteiger partial charge >= 0.3 is 0 Å². The second kappa shape index (κ2) is 54.8. The summed E-state index contributed by atoms with van der Waals surface area (Å²) in [6, 6.07) is -0.796. The molecule has 3 atom stereocenters. The predicted octanol–water partition coefficient (Wildman–Crippen LogP) is 18.9. The van der Waals surface area contributed by atoms with Gasteiger partial charge in [-0.2, -0.15) is 0 Å². The maximum atomic E-state index is 13.0. The van der Waals surface area contributed by atoms with Gasteiger partial charge < -0.3 is 28.8 Å². The highest BCUT2D eigenvalue weighted by atomic mass is 31.2. The predicted molar refractivity (Wildman–Crippen MR) is 312 cm³/mol. The van der Waals surface area contributed by atoms with E-state index >= 15 is 0 Å². The Morgan fingerprint density at radius 3 is 1.15 bits per heavy atom. The van der Waals surface area contributed by atoms with Crippen LogP contribution in [0.2, 0.25) is 0 Å². The molecule has 0 saturated carbocycles. The molecule has 0 aromatic carbocycles. The number of hydrogen-bond acceptors (Lipinski definition) is 6. The van der Waals surface area contributed by atoms with E-state index in [0.717, 1.165) is 44.9 Å². The van der Waals surface area contributed by atoms with Gasteiger partial charge in [0.25, 0.3) is 7.82 Å². The first-order chi connectivity index (χ1) is 35.0. The van der Waals surface area contributed by atoms with E-state index in [0.29, 0.717) is 23.9 Å². The molecule has 2 N–H and O–H groups in total. The Kier molecular flexibility index (Phi) is 54.0. The molecule has 0 aromatic rings. The van der Waals surface area contributed by atoms with Crippen LogP contribution in [0.4, 0.5) is 0 Å². The highest BCUT2D eigenvalue weighted by Gasteiger charge is 2.24. The van der Waals surface area contributed by atoms with Crippen molar-refractivity contribution in [1.29, 1.82) is 0 Å². The van der Waals surface area contributed by atoms with E-state index in [1.165, 1.54) is 250 Å². The van der Waals surface area contributed by atoms with Gasteiger partial charge in [-0.05, 0) is 44.9 Å². The maximum Gasteiger partial charge on any atom is 0.268 e. The number of carbonyl (C=O) groups excluding carboxylic acids is 1. The average molecular weight is 1040 g/mol. The zero-order valence-corrected chi connectivity index (χ0v) is 49.8. The fourth-order valence-corrected chi connectivity index (χ4v) is 10.4. The van der Waals surface area contributed by atoms with E-state index < -0.39 is 20.0 Å². The monoisotopic (exact) mass is 1040 g/mol. The number of likely N-dealkylation sites (N-methyl/N-ethyl adjacent to an activating group) is 1. The van der Waals surface area contributed by atoms with Gasteiger partial charge in [0, 0.05) is 6.42 Å². The number of amides is 1. The third-order valence-electron chi connectivity index (χ3n) is 14.7. The number of nitrogens with one attached hydrogen (secondary N) is 1. The lowest BCUT2D eigenvalue weighted by molar-refractivity contribution is -0.870. The van der Waals surface area contributed by atoms with Crippen molar-refractivity contribution in [3.63, 3.8) is 0 Å². The summed E-state index contributed by atoms with van der Waals surface area (Å²) >= 11 is 0. The van der Waals surface area contributed by atoms with Crippen molar-refractivity contribution in [1.82, 2.24) is 5.32 Å². The van der Waals surface area contributed by atoms with Crippen LogP contribution in [-0.2, 0) is 18.4 Å². The number of unbranched alkanes of at least 4 members (excludes halogenated alkanes) is 42. The summed E-state index contributed by atoms with van der Waals surface area (Å²) in [5.74, 6) is -0.159. The smallest absolute Gasteiger partial charge is 0.268 e. The molecule has 0 rings (SSSR count). The van der Waals surface area contributed by atoms with E-state index in [9.17, 15) is 19.4 Å². The molecular weight excluding hydrogens is 912 g/mol. The lowest BCUT2D eigenvalue weighted by Gasteiger charge is -2.30. The number of quaternary nitrogens is 1. The lowest BCUT2D eigenvalue weighted by atomic mass is 10.0. The molecule has 0 saturated heterocycles. The molecule has 0 bridgehead atoms. The maximum absolute atomic E-state index is 13.0. The normalized spacial score (nSPS) is 13.9. The number of phosphoric ester groups is 1. The van der Waals surface area contributed by atoms with E-state index in [2.05, 4.69) is 43.5 Å². The first-order valence-electron chi connectivity index (χ1n) is 31.7. The number of carbonyl (C=O) groups is 1. The Bertz CT molecular complexity index is 1220. The van der Waals surface area contributed by atoms with Gasteiger partial charge in [0.15, 0.2) is 0 Å². The van der Waals surface area contributed by atoms with Crippen LogP contribution in [0.5, 0.6) is 0 Å². The molecule has 3 unspecified atom stereocenters. The van der Waals surface area contributed by atoms with Gasteiger partial charge in [-0.1, -0.05) is 295 Å². The SMILES string of the molecule is CCCCCCC/C=C\C/C=C\CCCCCCCCCCCCCCCCCCCCCCCCCCCCCC(=O)NC(COP(=O)([O-])OCC[N+](C)(C)C)C(O)CCCCCCCCCCCCC. The molecule has 0 aliphatic rings. The van der Waals surface area contributed by atoms with Crippen molar-refractivity contribution in [2.75, 3.05) is 40.9 Å². The number of allylic oxidation sites excluding steroid dienone is 4. The standard InChI is InChI=1S/C63H125N2O6P/c1-6-8-10-12-14-16-18-19-20-21-22-23-24-25-26-27-28-29-30-31-32-33-34-35-36-37-38-39-40-41-42-43-44-45-47-49-51-53-55-57-63(67)64-61(60-71-72(68,69)70-59-58-65(3,4)5)62(66)56-54-52-50-48-46-17-15-13-11-9-7-2/h18-19,21-22,61-62,66H,6-17,20,23-60H2,1-5H3,(H-,64,67,68,69)/b19-18-,22-21-. The van der Waals surface area contributed by atoms with Crippen molar-refractivity contribution in [2.45, 2.75) is 334 Å². The zero-order chi connectivity index (χ0) is 52.7. The molecule has 1 amide bonds. The van der Waals surface area contributed by atoms with Crippen molar-refractivity contribution < 1.29 is 32.9 Å². The van der Waals surface area contributed by atoms with Gasteiger partial charge in [-0.25, -0.2) is 0 Å². The van der Waals surface area contributed by atoms with Crippen molar-refractivity contribution >= 4 is 13.7 Å². The van der Waals surface area contributed by atoms with Crippen LogP contribution in [-0.4, -0.2) is 68.5 Å². The molecule has 9 heteroatoms. The Labute approximate surface area is 449 Å². The summed E-state index contributed by atoms with van der Waals surface area (Å²) in [4.78, 5) is 25.5.